The number of H-pyrrole nitrogens is 1. The van der Waals surface area contributed by atoms with E-state index in [9.17, 15) is 9.59 Å². The minimum Gasteiger partial charge on any atom is -0.376 e. The molecule has 26 heavy (non-hydrogen) atoms. The van der Waals surface area contributed by atoms with Crippen molar-refractivity contribution in [1.82, 2.24) is 14.8 Å². The van der Waals surface area contributed by atoms with Gasteiger partial charge in [0.15, 0.2) is 10.9 Å². The number of aromatic amines is 1. The topological polar surface area (TPSA) is 77.0 Å². The fraction of sp³-hybridized carbons (Fsp3) is 0.526. The zero-order valence-corrected chi connectivity index (χ0v) is 16.1. The van der Waals surface area contributed by atoms with Gasteiger partial charge >= 0.3 is 5.69 Å². The fourth-order valence-corrected chi connectivity index (χ4v) is 3.86. The van der Waals surface area contributed by atoms with E-state index in [0.29, 0.717) is 23.2 Å². The Morgan fingerprint density at radius 3 is 2.85 bits per heavy atom. The van der Waals surface area contributed by atoms with Crippen molar-refractivity contribution in [3.63, 3.8) is 0 Å². The first-order chi connectivity index (χ1) is 12.6. The number of hydrogen-bond donors (Lipinski definition) is 1. The van der Waals surface area contributed by atoms with Gasteiger partial charge in [0.2, 0.25) is 0 Å². The number of benzene rings is 1. The van der Waals surface area contributed by atoms with Gasteiger partial charge in [-0.1, -0.05) is 49.9 Å². The number of thioether (sulfide) groups is 1. The first kappa shape index (κ1) is 18.9. The van der Waals surface area contributed by atoms with Crippen LogP contribution in [0.1, 0.15) is 54.9 Å². The van der Waals surface area contributed by atoms with Gasteiger partial charge in [-0.15, -0.1) is 5.10 Å². The van der Waals surface area contributed by atoms with E-state index in [-0.39, 0.29) is 23.3 Å². The summed E-state index contributed by atoms with van der Waals surface area (Å²) in [5, 5.41) is 7.06. The molecule has 0 spiro atoms. The van der Waals surface area contributed by atoms with Crippen molar-refractivity contribution in [3.05, 3.63) is 45.9 Å². The van der Waals surface area contributed by atoms with E-state index in [1.54, 1.807) is 4.57 Å². The summed E-state index contributed by atoms with van der Waals surface area (Å²) < 4.78 is 7.16. The average Bonchev–Trinajstić information content (AvgIpc) is 3.30. The lowest BCUT2D eigenvalue weighted by atomic mass is 9.97. The Morgan fingerprint density at radius 1 is 1.42 bits per heavy atom. The van der Waals surface area contributed by atoms with Gasteiger partial charge in [0.25, 0.3) is 0 Å². The summed E-state index contributed by atoms with van der Waals surface area (Å²) in [5.74, 6) is 0.771. The monoisotopic (exact) mass is 375 g/mol. The van der Waals surface area contributed by atoms with Crippen molar-refractivity contribution in [3.8, 4) is 0 Å². The number of aromatic nitrogens is 3. The molecule has 1 aromatic heterocycles. The highest BCUT2D eigenvalue weighted by Gasteiger charge is 2.20. The Kier molecular flexibility index (Phi) is 6.32. The second-order valence-electron chi connectivity index (χ2n) is 6.70. The summed E-state index contributed by atoms with van der Waals surface area (Å²) in [7, 11) is 0. The molecular weight excluding hydrogens is 350 g/mol. The van der Waals surface area contributed by atoms with Crippen LogP contribution in [-0.2, 0) is 11.3 Å². The van der Waals surface area contributed by atoms with Crippen molar-refractivity contribution in [2.45, 2.75) is 56.8 Å². The van der Waals surface area contributed by atoms with Crippen LogP contribution >= 0.6 is 11.8 Å². The van der Waals surface area contributed by atoms with Crippen LogP contribution < -0.4 is 5.69 Å². The zero-order valence-electron chi connectivity index (χ0n) is 15.2. The highest BCUT2D eigenvalue weighted by Crippen LogP contribution is 2.21. The third-order valence-corrected chi connectivity index (χ3v) is 5.86. The van der Waals surface area contributed by atoms with Crippen LogP contribution in [0.5, 0.6) is 0 Å². The molecule has 0 radical (unpaired) electrons. The smallest absolute Gasteiger partial charge is 0.344 e. The van der Waals surface area contributed by atoms with Gasteiger partial charge in [-0.3, -0.25) is 9.36 Å². The van der Waals surface area contributed by atoms with Crippen molar-refractivity contribution in [1.29, 1.82) is 0 Å². The Labute approximate surface area is 157 Å². The van der Waals surface area contributed by atoms with Crippen LogP contribution in [0.4, 0.5) is 0 Å². The maximum Gasteiger partial charge on any atom is 0.344 e. The minimum atomic E-state index is -0.256. The lowest BCUT2D eigenvalue weighted by molar-refractivity contribution is 0.0941. The molecule has 0 bridgehead atoms. The number of nitrogens with one attached hydrogen (secondary N) is 1. The minimum absolute atomic E-state index is 0.0322. The van der Waals surface area contributed by atoms with E-state index in [2.05, 4.69) is 24.0 Å². The molecule has 2 unspecified atom stereocenters. The van der Waals surface area contributed by atoms with Crippen molar-refractivity contribution >= 4 is 17.5 Å². The third-order valence-electron chi connectivity index (χ3n) is 4.88. The van der Waals surface area contributed by atoms with Crippen LogP contribution in [0.15, 0.2) is 34.2 Å². The lowest BCUT2D eigenvalue weighted by Crippen LogP contribution is -2.25. The molecule has 1 N–H and O–H groups in total. The zero-order chi connectivity index (χ0) is 18.5. The Morgan fingerprint density at radius 2 is 2.19 bits per heavy atom. The molecule has 0 amide bonds. The Balaban J connectivity index is 1.61. The predicted molar refractivity (Wildman–Crippen MR) is 102 cm³/mol. The second kappa shape index (κ2) is 8.68. The third kappa shape index (κ3) is 4.45. The highest BCUT2D eigenvalue weighted by molar-refractivity contribution is 7.99. The molecular formula is C19H25N3O3S. The van der Waals surface area contributed by atoms with Gasteiger partial charge in [0.05, 0.1) is 18.4 Å². The molecule has 1 saturated heterocycles. The first-order valence-corrected chi connectivity index (χ1v) is 10.1. The summed E-state index contributed by atoms with van der Waals surface area (Å²) in [4.78, 5) is 24.4. The molecule has 1 aliphatic rings. The molecule has 140 valence electrons. The number of carbonyl (C=O) groups is 1. The average molecular weight is 375 g/mol. The molecule has 2 atom stereocenters. The number of nitrogens with zero attached hydrogens (tertiary/aromatic N) is 2. The molecule has 0 aliphatic carbocycles. The number of rotatable bonds is 8. The van der Waals surface area contributed by atoms with Gasteiger partial charge in [-0.2, -0.15) is 0 Å². The van der Waals surface area contributed by atoms with E-state index in [1.807, 2.05) is 24.3 Å². The number of carbonyl (C=O) groups excluding carboxylic acids is 1. The van der Waals surface area contributed by atoms with E-state index in [1.165, 1.54) is 17.3 Å². The Hall–Kier alpha value is -1.86. The Bertz CT molecular complexity index is 791. The molecule has 1 aromatic carbocycles. The molecule has 1 aliphatic heterocycles. The van der Waals surface area contributed by atoms with Crippen LogP contribution in [0.2, 0.25) is 0 Å². The maximum atomic E-state index is 12.5. The normalized spacial score (nSPS) is 18.2. The van der Waals surface area contributed by atoms with Gasteiger partial charge < -0.3 is 4.74 Å². The molecule has 3 rings (SSSR count). The van der Waals surface area contributed by atoms with E-state index >= 15 is 0 Å². The second-order valence-corrected chi connectivity index (χ2v) is 7.64. The van der Waals surface area contributed by atoms with Crippen LogP contribution in [0.3, 0.4) is 0 Å². The summed E-state index contributed by atoms with van der Waals surface area (Å²) in [6.07, 6.45) is 3.09. The molecule has 6 nitrogen and oxygen atoms in total. The molecule has 1 fully saturated rings. The van der Waals surface area contributed by atoms with E-state index < -0.39 is 0 Å². The maximum absolute atomic E-state index is 12.5. The van der Waals surface area contributed by atoms with Crippen LogP contribution in [0, 0.1) is 0 Å². The molecule has 7 heteroatoms. The largest absolute Gasteiger partial charge is 0.376 e. The van der Waals surface area contributed by atoms with Gasteiger partial charge in [0, 0.05) is 12.2 Å². The number of ketones is 1. The number of ether oxygens (including phenoxy) is 1. The summed E-state index contributed by atoms with van der Waals surface area (Å²) in [6.45, 7) is 5.55. The molecule has 2 heterocycles. The molecule has 0 saturated carbocycles. The highest BCUT2D eigenvalue weighted by atomic mass is 32.2. The standard InChI is InChI=1S/C19H25N3O3S/c1-3-13(2)14-6-8-15(9-7-14)17(23)12-26-19-21-20-18(24)22(19)11-16-5-4-10-25-16/h6-9,13,16H,3-5,10-12H2,1-2H3,(H,20,24). The predicted octanol–water partition coefficient (Wildman–Crippen LogP) is 3.24. The van der Waals surface area contributed by atoms with Gasteiger partial charge in [0.1, 0.15) is 0 Å². The lowest BCUT2D eigenvalue weighted by Gasteiger charge is -2.11. The SMILES string of the molecule is CCC(C)c1ccc(C(=O)CSc2n[nH]c(=O)n2CC2CCCO2)cc1. The summed E-state index contributed by atoms with van der Waals surface area (Å²) in [6, 6.07) is 7.81. The van der Waals surface area contributed by atoms with Gasteiger partial charge in [-0.25, -0.2) is 9.89 Å². The number of Topliss-reactive ketones (excluding diaryl/α,β-unsaturated/α-hetero) is 1. The summed E-state index contributed by atoms with van der Waals surface area (Å²) >= 11 is 1.28. The van der Waals surface area contributed by atoms with Crippen LogP contribution in [0.25, 0.3) is 0 Å². The number of hydrogen-bond acceptors (Lipinski definition) is 5. The van der Waals surface area contributed by atoms with E-state index in [4.69, 9.17) is 4.74 Å². The van der Waals surface area contributed by atoms with Crippen molar-refractivity contribution < 1.29 is 9.53 Å². The first-order valence-electron chi connectivity index (χ1n) is 9.11. The van der Waals surface area contributed by atoms with E-state index in [0.717, 1.165) is 25.9 Å². The summed E-state index contributed by atoms with van der Waals surface area (Å²) in [5.41, 5.74) is 1.68. The van der Waals surface area contributed by atoms with Crippen molar-refractivity contribution in [2.24, 2.45) is 0 Å². The van der Waals surface area contributed by atoms with Crippen LogP contribution in [-0.4, -0.2) is 39.0 Å². The fourth-order valence-electron chi connectivity index (χ4n) is 3.01. The van der Waals surface area contributed by atoms with Gasteiger partial charge in [-0.05, 0) is 30.7 Å². The quantitative estimate of drug-likeness (QED) is 0.566. The van der Waals surface area contributed by atoms with Crippen molar-refractivity contribution in [2.75, 3.05) is 12.4 Å². The molecule has 2 aromatic rings.